The van der Waals surface area contributed by atoms with Crippen molar-refractivity contribution in [3.63, 3.8) is 0 Å². The highest BCUT2D eigenvalue weighted by Crippen LogP contribution is 2.30. The molecule has 0 aliphatic carbocycles. The van der Waals surface area contributed by atoms with Gasteiger partial charge in [-0.15, -0.1) is 0 Å². The number of aliphatic carboxylic acids is 2. The molecule has 10 nitrogen and oxygen atoms in total. The maximum atomic E-state index is 9.55. The van der Waals surface area contributed by atoms with Crippen molar-refractivity contribution in [1.29, 1.82) is 0 Å². The van der Waals surface area contributed by atoms with Gasteiger partial charge in [0.2, 0.25) is 0 Å². The van der Waals surface area contributed by atoms with Crippen LogP contribution in [-0.2, 0) is 9.59 Å². The zero-order valence-electron chi connectivity index (χ0n) is 22.4. The van der Waals surface area contributed by atoms with E-state index in [0.29, 0.717) is 12.2 Å². The van der Waals surface area contributed by atoms with E-state index in [0.717, 1.165) is 45.0 Å². The largest absolute Gasteiger partial charge is 0.497 e. The van der Waals surface area contributed by atoms with Crippen LogP contribution in [0.25, 0.3) is 43.6 Å². The quantitative estimate of drug-likeness (QED) is 0.206. The smallest absolute Gasteiger partial charge is 0.328 e. The third-order valence-electron chi connectivity index (χ3n) is 6.20. The zero-order valence-corrected chi connectivity index (χ0v) is 22.4. The zero-order chi connectivity index (χ0) is 28.8. The van der Waals surface area contributed by atoms with E-state index < -0.39 is 11.9 Å². The van der Waals surface area contributed by atoms with Crippen LogP contribution >= 0.6 is 0 Å². The topological polar surface area (TPSA) is 150 Å². The average Bonchev–Trinajstić information content (AvgIpc) is 3.52. The van der Waals surface area contributed by atoms with Crippen molar-refractivity contribution in [3.05, 3.63) is 84.5 Å². The van der Waals surface area contributed by atoms with Crippen LogP contribution in [-0.4, -0.2) is 56.3 Å². The number of nitrogens with one attached hydrogen (secondary N) is 2. The number of nitrogens with zero attached hydrogens (tertiary/aromatic N) is 2. The Bertz CT molecular complexity index is 1730. The second-order valence-corrected chi connectivity index (χ2v) is 8.72. The number of benzene rings is 2. The Morgan fingerprint density at radius 2 is 1.07 bits per heavy atom. The predicted molar refractivity (Wildman–Crippen MR) is 154 cm³/mol. The summed E-state index contributed by atoms with van der Waals surface area (Å²) in [6.45, 7) is 4.02. The molecule has 0 fully saturated rings. The van der Waals surface area contributed by atoms with E-state index in [1.54, 1.807) is 14.2 Å². The van der Waals surface area contributed by atoms with E-state index in [2.05, 4.69) is 32.1 Å². The van der Waals surface area contributed by atoms with E-state index >= 15 is 0 Å². The summed E-state index contributed by atoms with van der Waals surface area (Å²) in [5.41, 5.74) is 6.42. The third kappa shape index (κ3) is 6.02. The summed E-state index contributed by atoms with van der Waals surface area (Å²) in [6, 6.07) is 16.2. The van der Waals surface area contributed by atoms with E-state index in [4.69, 9.17) is 19.7 Å². The summed E-state index contributed by atoms with van der Waals surface area (Å²) in [7, 11) is 3.35. The minimum absolute atomic E-state index is 0.558. The van der Waals surface area contributed by atoms with Gasteiger partial charge < -0.3 is 29.7 Å². The molecule has 0 unspecified atom stereocenters. The van der Waals surface area contributed by atoms with Gasteiger partial charge >= 0.3 is 11.9 Å². The fraction of sp³-hybridized carbons (Fsp3) is 0.133. The van der Waals surface area contributed by atoms with Crippen LogP contribution in [0.2, 0.25) is 0 Å². The van der Waals surface area contributed by atoms with Crippen LogP contribution in [0, 0.1) is 13.8 Å². The lowest BCUT2D eigenvalue weighted by Gasteiger charge is -1.98. The number of pyridine rings is 2. The van der Waals surface area contributed by atoms with Gasteiger partial charge in [-0.1, -0.05) is 0 Å². The Hall–Kier alpha value is -5.38. The van der Waals surface area contributed by atoms with Crippen molar-refractivity contribution < 1.29 is 29.3 Å². The summed E-state index contributed by atoms with van der Waals surface area (Å²) < 4.78 is 10.4. The lowest BCUT2D eigenvalue weighted by atomic mass is 10.1. The van der Waals surface area contributed by atoms with E-state index in [-0.39, 0.29) is 0 Å². The van der Waals surface area contributed by atoms with Crippen LogP contribution in [0.4, 0.5) is 0 Å². The number of methoxy groups -OCH3 is 2. The molecule has 0 radical (unpaired) electrons. The first kappa shape index (κ1) is 27.6. The van der Waals surface area contributed by atoms with Crippen LogP contribution in [0.15, 0.2) is 73.1 Å². The Balaban J connectivity index is 0.000000148. The number of carboxylic acid groups (broad SMARTS) is 2. The molecule has 0 amide bonds. The van der Waals surface area contributed by atoms with Crippen molar-refractivity contribution in [1.82, 2.24) is 19.9 Å². The van der Waals surface area contributed by atoms with Gasteiger partial charge in [0, 0.05) is 58.2 Å². The molecule has 40 heavy (non-hydrogen) atoms. The van der Waals surface area contributed by atoms with E-state index in [1.807, 2.05) is 62.6 Å². The molecule has 204 valence electrons. The fourth-order valence-electron chi connectivity index (χ4n) is 4.29. The van der Waals surface area contributed by atoms with Crippen LogP contribution in [0.1, 0.15) is 11.4 Å². The molecule has 4 aromatic heterocycles. The summed E-state index contributed by atoms with van der Waals surface area (Å²) >= 11 is 0. The molecule has 0 atom stereocenters. The first-order valence-corrected chi connectivity index (χ1v) is 12.2. The Kier molecular flexibility index (Phi) is 8.29. The maximum absolute atomic E-state index is 9.55. The number of aromatic amines is 2. The molecule has 0 bridgehead atoms. The number of ether oxygens (including phenoxy) is 2. The lowest BCUT2D eigenvalue weighted by molar-refractivity contribution is -0.134. The number of aromatic nitrogens is 4. The second-order valence-electron chi connectivity index (χ2n) is 8.72. The van der Waals surface area contributed by atoms with Gasteiger partial charge in [-0.05, 0) is 50.2 Å². The van der Waals surface area contributed by atoms with Gasteiger partial charge in [0.15, 0.2) is 0 Å². The van der Waals surface area contributed by atoms with Crippen LogP contribution in [0.3, 0.4) is 0 Å². The minimum atomic E-state index is -1.26. The monoisotopic (exact) mass is 540 g/mol. The molecular weight excluding hydrogens is 512 g/mol. The van der Waals surface area contributed by atoms with Crippen LogP contribution in [0.5, 0.6) is 11.5 Å². The Morgan fingerprint density at radius 1 is 0.675 bits per heavy atom. The van der Waals surface area contributed by atoms with E-state index in [9.17, 15) is 9.59 Å². The van der Waals surface area contributed by atoms with E-state index in [1.165, 1.54) is 21.5 Å². The SMILES string of the molecule is COc1ccc2c(c1)[nH]c1c(C)nccc12.COc1ccc2c(c1)[nH]c1c(C)nccc12.O=C(O)/C=C/C(=O)O. The number of H-pyrrole nitrogens is 2. The van der Waals surface area contributed by atoms with Crippen molar-refractivity contribution in [3.8, 4) is 11.5 Å². The number of carbonyl (C=O) groups is 2. The number of aryl methyl sites for hydroxylation is 2. The van der Waals surface area contributed by atoms with Gasteiger partial charge in [0.05, 0.1) is 47.7 Å². The van der Waals surface area contributed by atoms with Crippen LogP contribution < -0.4 is 9.47 Å². The van der Waals surface area contributed by atoms with Crippen molar-refractivity contribution in [2.75, 3.05) is 14.2 Å². The van der Waals surface area contributed by atoms with Gasteiger partial charge in [-0.25, -0.2) is 9.59 Å². The molecule has 0 saturated carbocycles. The fourth-order valence-corrected chi connectivity index (χ4v) is 4.29. The lowest BCUT2D eigenvalue weighted by Crippen LogP contribution is -1.91. The summed E-state index contributed by atoms with van der Waals surface area (Å²) in [6.07, 6.45) is 4.80. The summed E-state index contributed by atoms with van der Waals surface area (Å²) in [4.78, 5) is 34.4. The third-order valence-corrected chi connectivity index (χ3v) is 6.20. The molecule has 0 saturated heterocycles. The Morgan fingerprint density at radius 3 is 1.43 bits per heavy atom. The molecule has 4 heterocycles. The van der Waals surface area contributed by atoms with Gasteiger partial charge in [0.1, 0.15) is 11.5 Å². The standard InChI is InChI=1S/2C13H12N2O.C4H4O4/c2*1-8-13-11(5-6-14-8)10-4-3-9(16-2)7-12(10)15-13;5-3(6)1-2-4(7)8/h2*3-7,15H,1-2H3;1-2H,(H,5,6)(H,7,8)/b;;2-1+. The van der Waals surface area contributed by atoms with Crippen molar-refractivity contribution in [2.45, 2.75) is 13.8 Å². The number of rotatable bonds is 4. The molecule has 0 aliphatic rings. The summed E-state index contributed by atoms with van der Waals surface area (Å²) in [5.74, 6) is -0.783. The highest BCUT2D eigenvalue weighted by atomic mass is 16.5. The number of fused-ring (bicyclic) bond motifs is 6. The molecular formula is C30H28N4O6. The van der Waals surface area contributed by atoms with Gasteiger partial charge in [-0.3, -0.25) is 9.97 Å². The van der Waals surface area contributed by atoms with Gasteiger partial charge in [0.25, 0.3) is 0 Å². The molecule has 2 aromatic carbocycles. The number of carboxylic acids is 2. The highest BCUT2D eigenvalue weighted by Gasteiger charge is 2.08. The van der Waals surface area contributed by atoms with Crippen molar-refractivity contribution >= 4 is 55.6 Å². The molecule has 6 rings (SSSR count). The summed E-state index contributed by atoms with van der Waals surface area (Å²) in [5, 5.41) is 20.5. The minimum Gasteiger partial charge on any atom is -0.497 e. The number of hydrogen-bond acceptors (Lipinski definition) is 6. The Labute approximate surface area is 228 Å². The molecule has 6 aromatic rings. The highest BCUT2D eigenvalue weighted by molar-refractivity contribution is 6.08. The average molecular weight is 541 g/mol. The number of hydrogen-bond donors (Lipinski definition) is 4. The first-order valence-electron chi connectivity index (χ1n) is 12.2. The van der Waals surface area contributed by atoms with Crippen molar-refractivity contribution in [2.24, 2.45) is 0 Å². The maximum Gasteiger partial charge on any atom is 0.328 e. The normalized spacial score (nSPS) is 10.8. The predicted octanol–water partition coefficient (Wildman–Crippen LogP) is 5.78. The molecule has 0 aliphatic heterocycles. The molecule has 10 heteroatoms. The molecule has 4 N–H and O–H groups in total. The first-order chi connectivity index (χ1) is 19.2. The molecule has 0 spiro atoms. The second kappa shape index (κ2) is 12.0. The van der Waals surface area contributed by atoms with Gasteiger partial charge in [-0.2, -0.15) is 0 Å².